The van der Waals surface area contributed by atoms with E-state index in [0.29, 0.717) is 35.1 Å². The number of aromatic nitrogens is 2. The number of ether oxygens (including phenoxy) is 1. The molecule has 0 saturated carbocycles. The number of nitrogens with zero attached hydrogens (tertiary/aromatic N) is 2. The van der Waals surface area contributed by atoms with Crippen molar-refractivity contribution in [1.82, 2.24) is 9.55 Å². The van der Waals surface area contributed by atoms with Gasteiger partial charge in [0.05, 0.1) is 11.2 Å². The summed E-state index contributed by atoms with van der Waals surface area (Å²) in [5.41, 5.74) is 5.14. The summed E-state index contributed by atoms with van der Waals surface area (Å²) < 4.78 is 8.23. The fourth-order valence-corrected chi connectivity index (χ4v) is 4.68. The zero-order valence-corrected chi connectivity index (χ0v) is 20.7. The second kappa shape index (κ2) is 9.92. The molecule has 4 nitrogen and oxygen atoms in total. The van der Waals surface area contributed by atoms with Crippen LogP contribution in [0.5, 0.6) is 5.75 Å². The molecule has 0 N–H and O–H groups in total. The van der Waals surface area contributed by atoms with Gasteiger partial charge in [-0.05, 0) is 48.0 Å². The van der Waals surface area contributed by atoms with Gasteiger partial charge >= 0.3 is 0 Å². The van der Waals surface area contributed by atoms with Crippen molar-refractivity contribution in [3.8, 4) is 5.75 Å². The number of halogens is 1. The van der Waals surface area contributed by atoms with Gasteiger partial charge < -0.3 is 9.30 Å². The van der Waals surface area contributed by atoms with Gasteiger partial charge in [0.1, 0.15) is 12.4 Å². The number of hydrogen-bond acceptors (Lipinski definition) is 3. The van der Waals surface area contributed by atoms with E-state index < -0.39 is 0 Å². The highest BCUT2D eigenvalue weighted by atomic mass is 35.5. The molecule has 180 valence electrons. The molecular formula is C32H23ClN2O2. The standard InChI is InChI=1S/C32H23ClN2O2/c33-25-13-10-22(11-14-25)19-35-20-29(32(36)24-7-2-1-3-8-24)28-18-27(16-17-31(28)35)37-21-26-15-12-23-6-4-5-9-30(23)34-26/h1-18,20H,19,21H2. The highest BCUT2D eigenvalue weighted by Crippen LogP contribution is 2.29. The Kier molecular flexibility index (Phi) is 6.17. The molecule has 0 aliphatic rings. The van der Waals surface area contributed by atoms with E-state index in [4.69, 9.17) is 21.3 Å². The summed E-state index contributed by atoms with van der Waals surface area (Å²) in [7, 11) is 0. The van der Waals surface area contributed by atoms with Crippen molar-refractivity contribution in [3.05, 3.63) is 143 Å². The molecule has 0 fully saturated rings. The molecule has 2 aromatic heterocycles. The van der Waals surface area contributed by atoms with Crippen molar-refractivity contribution in [2.75, 3.05) is 0 Å². The molecule has 0 amide bonds. The third-order valence-electron chi connectivity index (χ3n) is 6.44. The molecule has 0 radical (unpaired) electrons. The van der Waals surface area contributed by atoms with Crippen molar-refractivity contribution in [2.45, 2.75) is 13.2 Å². The van der Waals surface area contributed by atoms with E-state index in [2.05, 4.69) is 10.6 Å². The number of carbonyl (C=O) groups is 1. The van der Waals surface area contributed by atoms with Gasteiger partial charge in [0.2, 0.25) is 0 Å². The lowest BCUT2D eigenvalue weighted by Crippen LogP contribution is -2.01. The average molecular weight is 503 g/mol. The third kappa shape index (κ3) is 4.84. The van der Waals surface area contributed by atoms with Gasteiger partial charge in [0.15, 0.2) is 5.78 Å². The Hall–Kier alpha value is -4.41. The molecule has 6 rings (SSSR count). The second-order valence-electron chi connectivity index (χ2n) is 8.96. The number of carbonyl (C=O) groups excluding carboxylic acids is 1. The van der Waals surface area contributed by atoms with E-state index in [1.165, 1.54) is 0 Å². The SMILES string of the molecule is O=C(c1ccccc1)c1cn(Cc2ccc(Cl)cc2)c2ccc(OCc3ccc4ccccc4n3)cc12. The van der Waals surface area contributed by atoms with Crippen molar-refractivity contribution in [1.29, 1.82) is 0 Å². The summed E-state index contributed by atoms with van der Waals surface area (Å²) in [6.07, 6.45) is 1.93. The van der Waals surface area contributed by atoms with Crippen LogP contribution in [0.25, 0.3) is 21.8 Å². The van der Waals surface area contributed by atoms with Gasteiger partial charge in [0.25, 0.3) is 0 Å². The van der Waals surface area contributed by atoms with Crippen LogP contribution in [-0.2, 0) is 13.2 Å². The summed E-state index contributed by atoms with van der Waals surface area (Å²) in [4.78, 5) is 18.2. The van der Waals surface area contributed by atoms with E-state index >= 15 is 0 Å². The zero-order chi connectivity index (χ0) is 25.2. The predicted molar refractivity (Wildman–Crippen MR) is 148 cm³/mol. The van der Waals surface area contributed by atoms with Gasteiger partial charge in [-0.1, -0.05) is 78.3 Å². The largest absolute Gasteiger partial charge is 0.487 e. The average Bonchev–Trinajstić information content (AvgIpc) is 3.30. The maximum Gasteiger partial charge on any atom is 0.195 e. The van der Waals surface area contributed by atoms with Crippen LogP contribution in [0, 0.1) is 0 Å². The summed E-state index contributed by atoms with van der Waals surface area (Å²) in [6.45, 7) is 0.959. The summed E-state index contributed by atoms with van der Waals surface area (Å²) in [5.74, 6) is 0.669. The predicted octanol–water partition coefficient (Wildman–Crippen LogP) is 7.70. The Morgan fingerprint density at radius 3 is 2.46 bits per heavy atom. The number of rotatable bonds is 7. The van der Waals surface area contributed by atoms with Crippen molar-refractivity contribution >= 4 is 39.2 Å². The smallest absolute Gasteiger partial charge is 0.195 e. The first-order chi connectivity index (χ1) is 18.1. The molecule has 2 heterocycles. The monoisotopic (exact) mass is 502 g/mol. The molecular weight excluding hydrogens is 480 g/mol. The first kappa shape index (κ1) is 23.0. The van der Waals surface area contributed by atoms with Gasteiger partial charge in [-0.3, -0.25) is 4.79 Å². The fourth-order valence-electron chi connectivity index (χ4n) is 4.56. The molecule has 0 saturated heterocycles. The molecule has 5 heteroatoms. The fraction of sp³-hybridized carbons (Fsp3) is 0.0625. The lowest BCUT2D eigenvalue weighted by molar-refractivity contribution is 0.104. The molecule has 0 aliphatic heterocycles. The van der Waals surface area contributed by atoms with Crippen LogP contribution in [0.3, 0.4) is 0 Å². The highest BCUT2D eigenvalue weighted by molar-refractivity contribution is 6.30. The number of para-hydroxylation sites is 1. The highest BCUT2D eigenvalue weighted by Gasteiger charge is 2.18. The first-order valence-corrected chi connectivity index (χ1v) is 12.5. The topological polar surface area (TPSA) is 44.1 Å². The van der Waals surface area contributed by atoms with Crippen molar-refractivity contribution in [2.24, 2.45) is 0 Å². The summed E-state index contributed by atoms with van der Waals surface area (Å²) in [6, 6.07) is 35.1. The third-order valence-corrected chi connectivity index (χ3v) is 6.69. The maximum absolute atomic E-state index is 13.5. The van der Waals surface area contributed by atoms with Gasteiger partial charge in [-0.25, -0.2) is 4.98 Å². The number of benzene rings is 4. The number of ketones is 1. The Morgan fingerprint density at radius 2 is 1.62 bits per heavy atom. The Labute approximate surface area is 219 Å². The van der Waals surface area contributed by atoms with Gasteiger partial charge in [-0.15, -0.1) is 0 Å². The van der Waals surface area contributed by atoms with E-state index in [9.17, 15) is 4.79 Å². The molecule has 0 unspecified atom stereocenters. The number of hydrogen-bond donors (Lipinski definition) is 0. The van der Waals surface area contributed by atoms with Crippen LogP contribution in [0.4, 0.5) is 0 Å². The van der Waals surface area contributed by atoms with Crippen molar-refractivity contribution in [3.63, 3.8) is 0 Å². The molecule has 0 spiro atoms. The van der Waals surface area contributed by atoms with Crippen LogP contribution < -0.4 is 4.74 Å². The molecule has 4 aromatic carbocycles. The van der Waals surface area contributed by atoms with Crippen LogP contribution in [0.15, 0.2) is 115 Å². The minimum Gasteiger partial charge on any atom is -0.487 e. The number of pyridine rings is 1. The van der Waals surface area contributed by atoms with Crippen LogP contribution in [0.1, 0.15) is 27.2 Å². The summed E-state index contributed by atoms with van der Waals surface area (Å²) in [5, 5.41) is 2.65. The minimum absolute atomic E-state index is 0.0196. The van der Waals surface area contributed by atoms with Gasteiger partial charge in [0, 0.05) is 45.2 Å². The first-order valence-electron chi connectivity index (χ1n) is 12.1. The summed E-state index contributed by atoms with van der Waals surface area (Å²) >= 11 is 6.07. The van der Waals surface area contributed by atoms with E-state index in [0.717, 1.165) is 33.1 Å². The van der Waals surface area contributed by atoms with Crippen LogP contribution in [0.2, 0.25) is 5.02 Å². The zero-order valence-electron chi connectivity index (χ0n) is 20.0. The minimum atomic E-state index is -0.0196. The normalized spacial score (nSPS) is 11.2. The Balaban J connectivity index is 1.34. The Morgan fingerprint density at radius 1 is 0.838 bits per heavy atom. The Bertz CT molecular complexity index is 1720. The molecule has 0 bridgehead atoms. The number of fused-ring (bicyclic) bond motifs is 2. The lowest BCUT2D eigenvalue weighted by atomic mass is 10.0. The molecule has 6 aromatic rings. The lowest BCUT2D eigenvalue weighted by Gasteiger charge is -2.09. The van der Waals surface area contributed by atoms with Crippen LogP contribution >= 0.6 is 11.6 Å². The molecule has 37 heavy (non-hydrogen) atoms. The van der Waals surface area contributed by atoms with Crippen LogP contribution in [-0.4, -0.2) is 15.3 Å². The molecule has 0 aliphatic carbocycles. The molecule has 0 atom stereocenters. The van der Waals surface area contributed by atoms with E-state index in [1.807, 2.05) is 109 Å². The second-order valence-corrected chi connectivity index (χ2v) is 9.39. The van der Waals surface area contributed by atoms with E-state index in [-0.39, 0.29) is 5.78 Å². The van der Waals surface area contributed by atoms with Gasteiger partial charge in [-0.2, -0.15) is 0 Å². The van der Waals surface area contributed by atoms with Crippen molar-refractivity contribution < 1.29 is 9.53 Å². The quantitative estimate of drug-likeness (QED) is 0.210. The maximum atomic E-state index is 13.5. The van der Waals surface area contributed by atoms with E-state index in [1.54, 1.807) is 0 Å².